The number of amides is 3. The van der Waals surface area contributed by atoms with Crippen molar-refractivity contribution in [3.05, 3.63) is 76.4 Å². The topological polar surface area (TPSA) is 78.5 Å². The Kier molecular flexibility index (Phi) is 5.57. The Labute approximate surface area is 161 Å². The first kappa shape index (κ1) is 18.7. The second kappa shape index (κ2) is 8.05. The van der Waals surface area contributed by atoms with Gasteiger partial charge in [-0.05, 0) is 41.5 Å². The predicted molar refractivity (Wildman–Crippen MR) is 102 cm³/mol. The van der Waals surface area contributed by atoms with E-state index >= 15 is 0 Å². The molecule has 2 N–H and O–H groups in total. The fourth-order valence-corrected chi connectivity index (χ4v) is 3.07. The molecule has 2 aromatic carbocycles. The Bertz CT molecular complexity index is 909. The third kappa shape index (κ3) is 4.35. The zero-order chi connectivity index (χ0) is 19.4. The molecule has 0 radical (unpaired) electrons. The fourth-order valence-electron chi connectivity index (χ4n) is 2.94. The van der Waals surface area contributed by atoms with Gasteiger partial charge in [-0.25, -0.2) is 0 Å². The van der Waals surface area contributed by atoms with Crippen molar-refractivity contribution in [2.24, 2.45) is 0 Å². The van der Waals surface area contributed by atoms with E-state index in [2.05, 4.69) is 10.9 Å². The molecule has 1 heterocycles. The Morgan fingerprint density at radius 3 is 2.44 bits per heavy atom. The summed E-state index contributed by atoms with van der Waals surface area (Å²) in [5.74, 6) is -1.02. The summed E-state index contributed by atoms with van der Waals surface area (Å²) in [6.45, 7) is 1.45. The van der Waals surface area contributed by atoms with Crippen LogP contribution in [-0.4, -0.2) is 22.6 Å². The van der Waals surface area contributed by atoms with E-state index in [0.29, 0.717) is 10.6 Å². The van der Waals surface area contributed by atoms with Gasteiger partial charge >= 0.3 is 0 Å². The van der Waals surface area contributed by atoms with Gasteiger partial charge in [0, 0.05) is 23.7 Å². The number of nitrogens with zero attached hydrogens (tertiary/aromatic N) is 1. The fraction of sp³-hybridized carbons (Fsp3) is 0.150. The van der Waals surface area contributed by atoms with Crippen LogP contribution in [0.4, 0.5) is 0 Å². The summed E-state index contributed by atoms with van der Waals surface area (Å²) in [7, 11) is 0. The number of hydrogen-bond acceptors (Lipinski definition) is 3. The van der Waals surface area contributed by atoms with Crippen LogP contribution in [0, 0.1) is 0 Å². The molecule has 0 spiro atoms. The highest BCUT2D eigenvalue weighted by atomic mass is 35.5. The summed E-state index contributed by atoms with van der Waals surface area (Å²) >= 11 is 5.79. The molecular formula is C20H18ClN3O3. The zero-order valence-corrected chi connectivity index (χ0v) is 15.4. The van der Waals surface area contributed by atoms with Crippen LogP contribution in [0.1, 0.15) is 40.9 Å². The number of benzene rings is 2. The van der Waals surface area contributed by atoms with Crippen molar-refractivity contribution in [1.29, 1.82) is 0 Å². The molecule has 27 heavy (non-hydrogen) atoms. The van der Waals surface area contributed by atoms with E-state index in [1.54, 1.807) is 30.5 Å². The summed E-state index contributed by atoms with van der Waals surface area (Å²) in [6.07, 6.45) is 3.53. The third-order valence-electron chi connectivity index (χ3n) is 4.27. The van der Waals surface area contributed by atoms with E-state index in [1.165, 1.54) is 11.8 Å². The van der Waals surface area contributed by atoms with Crippen LogP contribution < -0.4 is 10.9 Å². The minimum absolute atomic E-state index is 0.0157. The molecule has 6 nitrogen and oxygen atoms in total. The second-order valence-corrected chi connectivity index (χ2v) is 6.54. The molecule has 138 valence electrons. The van der Waals surface area contributed by atoms with Crippen molar-refractivity contribution in [1.82, 2.24) is 15.8 Å². The Hall–Kier alpha value is -3.12. The summed E-state index contributed by atoms with van der Waals surface area (Å²) in [6, 6.07) is 13.4. The lowest BCUT2D eigenvalue weighted by Gasteiger charge is -2.32. The van der Waals surface area contributed by atoms with Crippen LogP contribution >= 0.6 is 11.6 Å². The average molecular weight is 384 g/mol. The molecule has 1 atom stereocenters. The van der Waals surface area contributed by atoms with E-state index in [4.69, 9.17) is 11.6 Å². The summed E-state index contributed by atoms with van der Waals surface area (Å²) in [4.78, 5) is 37.9. The Balaban J connectivity index is 1.67. The molecule has 0 saturated carbocycles. The summed E-state index contributed by atoms with van der Waals surface area (Å²) in [5.41, 5.74) is 6.98. The second-order valence-electron chi connectivity index (χ2n) is 6.10. The van der Waals surface area contributed by atoms with Crippen molar-refractivity contribution in [2.75, 3.05) is 0 Å². The largest absolute Gasteiger partial charge is 0.311 e. The molecule has 1 aliphatic heterocycles. The van der Waals surface area contributed by atoms with Gasteiger partial charge in [-0.2, -0.15) is 0 Å². The van der Waals surface area contributed by atoms with Gasteiger partial charge in [0.05, 0.1) is 12.5 Å². The normalized spacial score (nSPS) is 15.0. The van der Waals surface area contributed by atoms with E-state index in [9.17, 15) is 14.4 Å². The van der Waals surface area contributed by atoms with E-state index in [-0.39, 0.29) is 12.3 Å². The quantitative estimate of drug-likeness (QED) is 0.799. The van der Waals surface area contributed by atoms with Gasteiger partial charge in [-0.15, -0.1) is 0 Å². The first-order valence-electron chi connectivity index (χ1n) is 8.36. The standard InChI is InChI=1S/C20H18ClN3O3/c1-13(25)24-11-10-14-4-2-3-5-17(14)18(24)12-19(26)22-23-20(27)15-6-8-16(21)9-7-15/h2-11,18H,12H2,1H3,(H,22,26)(H,23,27)/t18-/m1/s1. The molecule has 7 heteroatoms. The van der Waals surface area contributed by atoms with Gasteiger partial charge in [0.25, 0.3) is 5.91 Å². The number of rotatable bonds is 3. The van der Waals surface area contributed by atoms with Gasteiger partial charge in [-0.3, -0.25) is 25.2 Å². The molecule has 0 fully saturated rings. The molecular weight excluding hydrogens is 366 g/mol. The van der Waals surface area contributed by atoms with Gasteiger partial charge in [0.2, 0.25) is 11.8 Å². The van der Waals surface area contributed by atoms with Crippen LogP contribution in [0.15, 0.2) is 54.7 Å². The summed E-state index contributed by atoms with van der Waals surface area (Å²) < 4.78 is 0. The highest BCUT2D eigenvalue weighted by Crippen LogP contribution is 2.32. The van der Waals surface area contributed by atoms with Crippen LogP contribution in [0.5, 0.6) is 0 Å². The molecule has 0 aliphatic carbocycles. The average Bonchev–Trinajstić information content (AvgIpc) is 2.66. The van der Waals surface area contributed by atoms with Gasteiger partial charge < -0.3 is 4.90 Å². The first-order chi connectivity index (χ1) is 13.0. The monoisotopic (exact) mass is 383 g/mol. The molecule has 0 bridgehead atoms. The minimum Gasteiger partial charge on any atom is -0.311 e. The number of hydrazine groups is 1. The predicted octanol–water partition coefficient (Wildman–Crippen LogP) is 3.07. The van der Waals surface area contributed by atoms with E-state index < -0.39 is 17.9 Å². The molecule has 0 aromatic heterocycles. The first-order valence-corrected chi connectivity index (χ1v) is 8.74. The lowest BCUT2D eigenvalue weighted by Crippen LogP contribution is -2.43. The van der Waals surface area contributed by atoms with Gasteiger partial charge in [0.15, 0.2) is 0 Å². The SMILES string of the molecule is CC(=O)N1C=Cc2ccccc2[C@H]1CC(=O)NNC(=O)c1ccc(Cl)cc1. The number of nitrogens with one attached hydrogen (secondary N) is 2. The molecule has 3 amide bonds. The lowest BCUT2D eigenvalue weighted by atomic mass is 9.93. The Morgan fingerprint density at radius 1 is 1.04 bits per heavy atom. The third-order valence-corrected chi connectivity index (χ3v) is 4.52. The molecule has 3 rings (SSSR count). The van der Waals surface area contributed by atoms with Crippen LogP contribution in [-0.2, 0) is 9.59 Å². The van der Waals surface area contributed by atoms with Crippen LogP contribution in [0.25, 0.3) is 6.08 Å². The van der Waals surface area contributed by atoms with Crippen LogP contribution in [0.3, 0.4) is 0 Å². The number of fused-ring (bicyclic) bond motifs is 1. The summed E-state index contributed by atoms with van der Waals surface area (Å²) in [5, 5.41) is 0.518. The van der Waals surface area contributed by atoms with Crippen molar-refractivity contribution >= 4 is 35.4 Å². The van der Waals surface area contributed by atoms with E-state index in [0.717, 1.165) is 11.1 Å². The van der Waals surface area contributed by atoms with Crippen molar-refractivity contribution in [2.45, 2.75) is 19.4 Å². The zero-order valence-electron chi connectivity index (χ0n) is 14.6. The molecule has 2 aromatic rings. The van der Waals surface area contributed by atoms with Crippen LogP contribution in [0.2, 0.25) is 5.02 Å². The number of hydrogen-bond donors (Lipinski definition) is 2. The van der Waals surface area contributed by atoms with Gasteiger partial charge in [0.1, 0.15) is 0 Å². The molecule has 0 unspecified atom stereocenters. The Morgan fingerprint density at radius 2 is 1.74 bits per heavy atom. The maximum absolute atomic E-state index is 12.4. The number of halogens is 1. The highest BCUT2D eigenvalue weighted by Gasteiger charge is 2.28. The molecule has 0 saturated heterocycles. The number of carbonyl (C=O) groups excluding carboxylic acids is 3. The van der Waals surface area contributed by atoms with Crippen molar-refractivity contribution in [3.63, 3.8) is 0 Å². The van der Waals surface area contributed by atoms with Crippen molar-refractivity contribution < 1.29 is 14.4 Å². The maximum atomic E-state index is 12.4. The highest BCUT2D eigenvalue weighted by molar-refractivity contribution is 6.30. The number of carbonyl (C=O) groups is 3. The van der Waals surface area contributed by atoms with Crippen molar-refractivity contribution in [3.8, 4) is 0 Å². The lowest BCUT2D eigenvalue weighted by molar-refractivity contribution is -0.130. The minimum atomic E-state index is -0.451. The molecule has 1 aliphatic rings. The maximum Gasteiger partial charge on any atom is 0.269 e. The van der Waals surface area contributed by atoms with Gasteiger partial charge in [-0.1, -0.05) is 35.9 Å². The van der Waals surface area contributed by atoms with E-state index in [1.807, 2.05) is 30.3 Å². The smallest absolute Gasteiger partial charge is 0.269 e.